The lowest BCUT2D eigenvalue weighted by molar-refractivity contribution is 0.103. The van der Waals surface area contributed by atoms with Gasteiger partial charge < -0.3 is 5.73 Å². The number of carbonyl (C=O) groups excluding carboxylic acids is 1. The lowest BCUT2D eigenvalue weighted by Gasteiger charge is -2.08. The van der Waals surface area contributed by atoms with Crippen molar-refractivity contribution in [3.8, 4) is 0 Å². The summed E-state index contributed by atoms with van der Waals surface area (Å²) in [5, 5.41) is 0. The Balaban J connectivity index is 2.49. The quantitative estimate of drug-likeness (QED) is 0.665. The molecular formula is C15H13F2NO. The molecule has 19 heavy (non-hydrogen) atoms. The van der Waals surface area contributed by atoms with E-state index in [2.05, 4.69) is 0 Å². The van der Waals surface area contributed by atoms with Crippen molar-refractivity contribution in [3.05, 3.63) is 64.2 Å². The van der Waals surface area contributed by atoms with E-state index in [0.29, 0.717) is 5.56 Å². The molecule has 0 fully saturated rings. The van der Waals surface area contributed by atoms with Crippen LogP contribution in [-0.2, 0) is 0 Å². The Morgan fingerprint density at radius 1 is 1.00 bits per heavy atom. The molecule has 0 radical (unpaired) electrons. The zero-order valence-corrected chi connectivity index (χ0v) is 10.6. The highest BCUT2D eigenvalue weighted by atomic mass is 19.2. The second-order valence-corrected chi connectivity index (χ2v) is 4.48. The normalized spacial score (nSPS) is 10.5. The summed E-state index contributed by atoms with van der Waals surface area (Å²) >= 11 is 0. The molecule has 0 aliphatic heterocycles. The lowest BCUT2D eigenvalue weighted by atomic mass is 9.98. The SMILES string of the molecule is Cc1ccc(C(=O)c2cc(F)c(F)cc2N)cc1C. The first-order chi connectivity index (χ1) is 8.90. The van der Waals surface area contributed by atoms with Crippen molar-refractivity contribution < 1.29 is 13.6 Å². The van der Waals surface area contributed by atoms with Gasteiger partial charge in [0.25, 0.3) is 0 Å². The topological polar surface area (TPSA) is 43.1 Å². The molecular weight excluding hydrogens is 248 g/mol. The summed E-state index contributed by atoms with van der Waals surface area (Å²) in [5.74, 6) is -2.56. The van der Waals surface area contributed by atoms with Crippen molar-refractivity contribution in [2.45, 2.75) is 13.8 Å². The predicted molar refractivity (Wildman–Crippen MR) is 70.1 cm³/mol. The van der Waals surface area contributed by atoms with Gasteiger partial charge in [-0.25, -0.2) is 8.78 Å². The zero-order valence-electron chi connectivity index (χ0n) is 10.6. The van der Waals surface area contributed by atoms with Crippen LogP contribution in [0, 0.1) is 25.5 Å². The lowest BCUT2D eigenvalue weighted by Crippen LogP contribution is -2.07. The van der Waals surface area contributed by atoms with Crippen LogP contribution < -0.4 is 5.73 Å². The maximum Gasteiger partial charge on any atom is 0.195 e. The smallest absolute Gasteiger partial charge is 0.195 e. The number of carbonyl (C=O) groups is 1. The largest absolute Gasteiger partial charge is 0.398 e. The van der Waals surface area contributed by atoms with E-state index in [1.165, 1.54) is 0 Å². The van der Waals surface area contributed by atoms with Gasteiger partial charge in [0.2, 0.25) is 0 Å². The van der Waals surface area contributed by atoms with Gasteiger partial charge >= 0.3 is 0 Å². The molecule has 0 aliphatic rings. The van der Waals surface area contributed by atoms with Gasteiger partial charge in [-0.05, 0) is 37.1 Å². The molecule has 98 valence electrons. The van der Waals surface area contributed by atoms with E-state index in [4.69, 9.17) is 5.73 Å². The first-order valence-electron chi connectivity index (χ1n) is 5.76. The molecule has 0 heterocycles. The van der Waals surface area contributed by atoms with Crippen molar-refractivity contribution in [1.82, 2.24) is 0 Å². The van der Waals surface area contributed by atoms with Crippen molar-refractivity contribution in [3.63, 3.8) is 0 Å². The average molecular weight is 261 g/mol. The summed E-state index contributed by atoms with van der Waals surface area (Å²) in [4.78, 5) is 12.2. The molecule has 2 N–H and O–H groups in total. The Morgan fingerprint density at radius 2 is 1.63 bits per heavy atom. The van der Waals surface area contributed by atoms with E-state index in [0.717, 1.165) is 23.3 Å². The molecule has 2 aromatic rings. The van der Waals surface area contributed by atoms with Gasteiger partial charge in [0.15, 0.2) is 17.4 Å². The van der Waals surface area contributed by atoms with E-state index in [1.807, 2.05) is 13.8 Å². The van der Waals surface area contributed by atoms with Crippen molar-refractivity contribution >= 4 is 11.5 Å². The number of hydrogen-bond donors (Lipinski definition) is 1. The van der Waals surface area contributed by atoms with E-state index >= 15 is 0 Å². The minimum Gasteiger partial charge on any atom is -0.398 e. The number of halogens is 2. The van der Waals surface area contributed by atoms with Crippen molar-refractivity contribution in [2.24, 2.45) is 0 Å². The third-order valence-electron chi connectivity index (χ3n) is 3.11. The first-order valence-corrected chi connectivity index (χ1v) is 5.76. The molecule has 2 aromatic carbocycles. The van der Waals surface area contributed by atoms with Crippen molar-refractivity contribution in [2.75, 3.05) is 5.73 Å². The number of aryl methyl sites for hydroxylation is 2. The van der Waals surface area contributed by atoms with Crippen LogP contribution >= 0.6 is 0 Å². The summed E-state index contributed by atoms with van der Waals surface area (Å²) in [5.41, 5.74) is 7.88. The van der Waals surface area contributed by atoms with E-state index in [1.54, 1.807) is 18.2 Å². The molecule has 0 atom stereocenters. The van der Waals surface area contributed by atoms with Crippen LogP contribution in [0.3, 0.4) is 0 Å². The zero-order chi connectivity index (χ0) is 14.2. The molecule has 0 aromatic heterocycles. The van der Waals surface area contributed by atoms with Gasteiger partial charge in [-0.1, -0.05) is 12.1 Å². The van der Waals surface area contributed by atoms with Gasteiger partial charge in [-0.2, -0.15) is 0 Å². The summed E-state index contributed by atoms with van der Waals surface area (Å²) in [7, 11) is 0. The minimum atomic E-state index is -1.08. The number of ketones is 1. The molecule has 0 unspecified atom stereocenters. The number of hydrogen-bond acceptors (Lipinski definition) is 2. The fourth-order valence-corrected chi connectivity index (χ4v) is 1.80. The molecule has 4 heteroatoms. The van der Waals surface area contributed by atoms with E-state index < -0.39 is 17.4 Å². The third-order valence-corrected chi connectivity index (χ3v) is 3.11. The van der Waals surface area contributed by atoms with Gasteiger partial charge in [-0.3, -0.25) is 4.79 Å². The first kappa shape index (κ1) is 13.2. The van der Waals surface area contributed by atoms with Crippen LogP contribution in [0.1, 0.15) is 27.0 Å². The second kappa shape index (κ2) is 4.80. The number of benzene rings is 2. The van der Waals surface area contributed by atoms with E-state index in [9.17, 15) is 13.6 Å². The highest BCUT2D eigenvalue weighted by Gasteiger charge is 2.16. The molecule has 2 nitrogen and oxygen atoms in total. The molecule has 2 rings (SSSR count). The summed E-state index contributed by atoms with van der Waals surface area (Å²) in [6.45, 7) is 3.80. The Bertz CT molecular complexity index is 665. The Kier molecular flexibility index (Phi) is 3.34. The van der Waals surface area contributed by atoms with Crippen LogP contribution in [0.15, 0.2) is 30.3 Å². The summed E-state index contributed by atoms with van der Waals surface area (Å²) < 4.78 is 26.2. The van der Waals surface area contributed by atoms with Crippen LogP contribution in [0.25, 0.3) is 0 Å². The van der Waals surface area contributed by atoms with Gasteiger partial charge in [0.1, 0.15) is 0 Å². The molecule has 0 amide bonds. The highest BCUT2D eigenvalue weighted by Crippen LogP contribution is 2.21. The number of nitrogen functional groups attached to an aromatic ring is 1. The number of nitrogens with two attached hydrogens (primary N) is 1. The predicted octanol–water partition coefficient (Wildman–Crippen LogP) is 3.39. The molecule has 0 saturated heterocycles. The van der Waals surface area contributed by atoms with Gasteiger partial charge in [0.05, 0.1) is 0 Å². The fourth-order valence-electron chi connectivity index (χ4n) is 1.80. The Hall–Kier alpha value is -2.23. The second-order valence-electron chi connectivity index (χ2n) is 4.48. The third kappa shape index (κ3) is 2.47. The molecule has 0 spiro atoms. The van der Waals surface area contributed by atoms with Crippen LogP contribution in [0.2, 0.25) is 0 Å². The molecule has 0 saturated carbocycles. The maximum absolute atomic E-state index is 13.2. The van der Waals surface area contributed by atoms with Crippen molar-refractivity contribution in [1.29, 1.82) is 0 Å². The standard InChI is InChI=1S/C15H13F2NO/c1-8-3-4-10(5-9(8)2)15(19)11-6-12(16)13(17)7-14(11)18/h3-7H,18H2,1-2H3. The van der Waals surface area contributed by atoms with Crippen LogP contribution in [0.5, 0.6) is 0 Å². The number of anilines is 1. The Morgan fingerprint density at radius 3 is 2.26 bits per heavy atom. The highest BCUT2D eigenvalue weighted by molar-refractivity contribution is 6.12. The summed E-state index contributed by atoms with van der Waals surface area (Å²) in [6.07, 6.45) is 0. The van der Waals surface area contributed by atoms with E-state index in [-0.39, 0.29) is 11.3 Å². The van der Waals surface area contributed by atoms with Crippen LogP contribution in [0.4, 0.5) is 14.5 Å². The fraction of sp³-hybridized carbons (Fsp3) is 0.133. The number of rotatable bonds is 2. The van der Waals surface area contributed by atoms with Gasteiger partial charge in [0, 0.05) is 22.9 Å². The average Bonchev–Trinajstić information content (AvgIpc) is 2.36. The van der Waals surface area contributed by atoms with Gasteiger partial charge in [-0.15, -0.1) is 0 Å². The molecule has 0 bridgehead atoms. The monoisotopic (exact) mass is 261 g/mol. The minimum absolute atomic E-state index is 0.0258. The Labute approximate surface area is 109 Å². The maximum atomic E-state index is 13.2. The molecule has 0 aliphatic carbocycles. The van der Waals surface area contributed by atoms with Crippen LogP contribution in [-0.4, -0.2) is 5.78 Å². The summed E-state index contributed by atoms with van der Waals surface area (Å²) in [6, 6.07) is 6.81.